The molecule has 0 atom stereocenters. The van der Waals surface area contributed by atoms with Crippen molar-refractivity contribution in [3.05, 3.63) is 65.2 Å². The van der Waals surface area contributed by atoms with Gasteiger partial charge >= 0.3 is 0 Å². The minimum absolute atomic E-state index is 0.164. The summed E-state index contributed by atoms with van der Waals surface area (Å²) in [4.78, 5) is 15.9. The molecule has 0 saturated carbocycles. The number of ketones is 1. The standard InChI is InChI=1S/C19H19NOS/c1-20(2)16-9-7-14(8-10-16)13-15-11-12-22-18-6-4-3-5-17(18)19(15)21/h3-10,13H,11-12H2,1-2H3/b15-13-. The van der Waals surface area contributed by atoms with E-state index in [1.807, 2.05) is 44.4 Å². The van der Waals surface area contributed by atoms with Gasteiger partial charge in [0, 0.05) is 41.6 Å². The van der Waals surface area contributed by atoms with Crippen LogP contribution >= 0.6 is 11.8 Å². The van der Waals surface area contributed by atoms with E-state index in [9.17, 15) is 4.79 Å². The lowest BCUT2D eigenvalue weighted by Crippen LogP contribution is -2.08. The molecule has 0 saturated heterocycles. The van der Waals surface area contributed by atoms with E-state index < -0.39 is 0 Å². The Morgan fingerprint density at radius 1 is 1.05 bits per heavy atom. The largest absolute Gasteiger partial charge is 0.378 e. The van der Waals surface area contributed by atoms with Gasteiger partial charge in [0.15, 0.2) is 5.78 Å². The highest BCUT2D eigenvalue weighted by Crippen LogP contribution is 2.31. The van der Waals surface area contributed by atoms with Crippen LogP contribution in [0.3, 0.4) is 0 Å². The third kappa shape index (κ3) is 3.09. The molecular formula is C19H19NOS. The predicted molar refractivity (Wildman–Crippen MR) is 94.9 cm³/mol. The van der Waals surface area contributed by atoms with Crippen LogP contribution in [-0.2, 0) is 0 Å². The Morgan fingerprint density at radius 3 is 2.50 bits per heavy atom. The van der Waals surface area contributed by atoms with Crippen LogP contribution in [0, 0.1) is 0 Å². The molecule has 2 nitrogen and oxygen atoms in total. The summed E-state index contributed by atoms with van der Waals surface area (Å²) in [7, 11) is 4.05. The van der Waals surface area contributed by atoms with Crippen molar-refractivity contribution < 1.29 is 4.79 Å². The maximum atomic E-state index is 12.7. The Labute approximate surface area is 135 Å². The topological polar surface area (TPSA) is 20.3 Å². The molecule has 22 heavy (non-hydrogen) atoms. The third-order valence-corrected chi connectivity index (χ3v) is 4.88. The van der Waals surface area contributed by atoms with Gasteiger partial charge in [-0.25, -0.2) is 0 Å². The van der Waals surface area contributed by atoms with Crippen LogP contribution in [0.1, 0.15) is 22.3 Å². The maximum Gasteiger partial charge on any atom is 0.190 e. The first kappa shape index (κ1) is 14.9. The summed E-state index contributed by atoms with van der Waals surface area (Å²) in [6, 6.07) is 16.2. The van der Waals surface area contributed by atoms with Crippen molar-refractivity contribution in [2.24, 2.45) is 0 Å². The molecule has 0 spiro atoms. The van der Waals surface area contributed by atoms with E-state index in [4.69, 9.17) is 0 Å². The van der Waals surface area contributed by atoms with Crippen molar-refractivity contribution in [1.82, 2.24) is 0 Å². The molecule has 3 rings (SSSR count). The van der Waals surface area contributed by atoms with Crippen LogP contribution in [0.4, 0.5) is 5.69 Å². The summed E-state index contributed by atoms with van der Waals surface area (Å²) in [6.07, 6.45) is 2.85. The van der Waals surface area contributed by atoms with E-state index in [0.717, 1.165) is 39.5 Å². The van der Waals surface area contributed by atoms with E-state index in [2.05, 4.69) is 29.2 Å². The van der Waals surface area contributed by atoms with Gasteiger partial charge in [0.05, 0.1) is 0 Å². The van der Waals surface area contributed by atoms with Crippen molar-refractivity contribution in [1.29, 1.82) is 0 Å². The maximum absolute atomic E-state index is 12.7. The highest BCUT2D eigenvalue weighted by molar-refractivity contribution is 7.99. The molecular weight excluding hydrogens is 290 g/mol. The first-order valence-corrected chi connectivity index (χ1v) is 8.38. The van der Waals surface area contributed by atoms with Crippen LogP contribution in [0.15, 0.2) is 59.0 Å². The number of nitrogens with zero attached hydrogens (tertiary/aromatic N) is 1. The smallest absolute Gasteiger partial charge is 0.190 e. The minimum Gasteiger partial charge on any atom is -0.378 e. The number of Topliss-reactive ketones (excluding diaryl/α,β-unsaturated/α-hetero) is 1. The van der Waals surface area contributed by atoms with Gasteiger partial charge < -0.3 is 4.90 Å². The van der Waals surface area contributed by atoms with Gasteiger partial charge in [0.1, 0.15) is 0 Å². The number of thioether (sulfide) groups is 1. The average Bonchev–Trinajstić information content (AvgIpc) is 2.68. The van der Waals surface area contributed by atoms with Crippen molar-refractivity contribution in [2.45, 2.75) is 11.3 Å². The number of rotatable bonds is 2. The van der Waals surface area contributed by atoms with Crippen molar-refractivity contribution in [2.75, 3.05) is 24.7 Å². The lowest BCUT2D eigenvalue weighted by molar-refractivity contribution is 0.103. The average molecular weight is 309 g/mol. The van der Waals surface area contributed by atoms with Gasteiger partial charge in [0.25, 0.3) is 0 Å². The van der Waals surface area contributed by atoms with Gasteiger partial charge in [-0.3, -0.25) is 4.79 Å². The predicted octanol–water partition coefficient (Wildman–Crippen LogP) is 4.51. The summed E-state index contributed by atoms with van der Waals surface area (Å²) in [5.74, 6) is 1.11. The van der Waals surface area contributed by atoms with E-state index in [1.165, 1.54) is 0 Å². The molecule has 0 fully saturated rings. The molecule has 0 N–H and O–H groups in total. The monoisotopic (exact) mass is 309 g/mol. The fraction of sp³-hybridized carbons (Fsp3) is 0.211. The zero-order valence-corrected chi connectivity index (χ0v) is 13.7. The number of hydrogen-bond acceptors (Lipinski definition) is 3. The van der Waals surface area contributed by atoms with Crippen LogP contribution < -0.4 is 4.90 Å². The van der Waals surface area contributed by atoms with Crippen LogP contribution in [-0.4, -0.2) is 25.6 Å². The number of fused-ring (bicyclic) bond motifs is 1. The van der Waals surface area contributed by atoms with Crippen molar-refractivity contribution >= 4 is 29.3 Å². The van der Waals surface area contributed by atoms with Gasteiger partial charge in [0.2, 0.25) is 0 Å². The molecule has 0 unspecified atom stereocenters. The van der Waals surface area contributed by atoms with E-state index in [1.54, 1.807) is 11.8 Å². The fourth-order valence-electron chi connectivity index (χ4n) is 2.55. The number of carbonyl (C=O) groups is 1. The molecule has 0 radical (unpaired) electrons. The molecule has 1 aliphatic heterocycles. The second kappa shape index (κ2) is 6.41. The van der Waals surface area contributed by atoms with Crippen molar-refractivity contribution in [3.8, 4) is 0 Å². The number of allylic oxidation sites excluding steroid dienone is 1. The molecule has 0 aliphatic carbocycles. The molecule has 2 aromatic rings. The molecule has 112 valence electrons. The summed E-state index contributed by atoms with van der Waals surface area (Å²) in [5.41, 5.74) is 3.98. The molecule has 3 heteroatoms. The van der Waals surface area contributed by atoms with Crippen LogP contribution in [0.2, 0.25) is 0 Å². The van der Waals surface area contributed by atoms with E-state index in [0.29, 0.717) is 0 Å². The lowest BCUT2D eigenvalue weighted by atomic mass is 9.99. The molecule has 1 aliphatic rings. The Hall–Kier alpha value is -2.00. The second-order valence-corrected chi connectivity index (χ2v) is 6.72. The Morgan fingerprint density at radius 2 is 1.77 bits per heavy atom. The van der Waals surface area contributed by atoms with Gasteiger partial charge in [-0.15, -0.1) is 11.8 Å². The number of carbonyl (C=O) groups excluding carboxylic acids is 1. The van der Waals surface area contributed by atoms with E-state index in [-0.39, 0.29) is 5.78 Å². The highest BCUT2D eigenvalue weighted by Gasteiger charge is 2.19. The summed E-state index contributed by atoms with van der Waals surface area (Å²) < 4.78 is 0. The quantitative estimate of drug-likeness (QED) is 0.761. The first-order valence-electron chi connectivity index (χ1n) is 7.39. The Kier molecular flexibility index (Phi) is 4.34. The van der Waals surface area contributed by atoms with E-state index >= 15 is 0 Å². The minimum atomic E-state index is 0.164. The molecule has 0 aromatic heterocycles. The van der Waals surface area contributed by atoms with Crippen LogP contribution in [0.25, 0.3) is 6.08 Å². The Bertz CT molecular complexity index is 716. The SMILES string of the molecule is CN(C)c1ccc(/C=C2/CCSc3ccccc3C2=O)cc1. The summed E-state index contributed by atoms with van der Waals surface area (Å²) in [6.45, 7) is 0. The van der Waals surface area contributed by atoms with Gasteiger partial charge in [-0.05, 0) is 42.3 Å². The Balaban J connectivity index is 1.92. The normalized spacial score (nSPS) is 16.3. The molecule has 0 bridgehead atoms. The van der Waals surface area contributed by atoms with Gasteiger partial charge in [-0.2, -0.15) is 0 Å². The molecule has 2 aromatic carbocycles. The second-order valence-electron chi connectivity index (χ2n) is 5.58. The summed E-state index contributed by atoms with van der Waals surface area (Å²) >= 11 is 1.77. The lowest BCUT2D eigenvalue weighted by Gasteiger charge is -2.12. The van der Waals surface area contributed by atoms with Crippen molar-refractivity contribution in [3.63, 3.8) is 0 Å². The number of anilines is 1. The molecule has 1 heterocycles. The highest BCUT2D eigenvalue weighted by atomic mass is 32.2. The fourth-order valence-corrected chi connectivity index (χ4v) is 3.58. The van der Waals surface area contributed by atoms with Crippen LogP contribution in [0.5, 0.6) is 0 Å². The number of hydrogen-bond donors (Lipinski definition) is 0. The first-order chi connectivity index (χ1) is 10.6. The third-order valence-electron chi connectivity index (χ3n) is 3.80. The number of benzene rings is 2. The zero-order chi connectivity index (χ0) is 15.5. The van der Waals surface area contributed by atoms with Gasteiger partial charge in [-0.1, -0.05) is 24.3 Å². The zero-order valence-electron chi connectivity index (χ0n) is 12.9. The summed E-state index contributed by atoms with van der Waals surface area (Å²) in [5, 5.41) is 0. The molecule has 0 amide bonds.